The van der Waals surface area contributed by atoms with Gasteiger partial charge in [-0.2, -0.15) is 0 Å². The monoisotopic (exact) mass is 256 g/mol. The van der Waals surface area contributed by atoms with E-state index in [0.717, 1.165) is 18.0 Å². The summed E-state index contributed by atoms with van der Waals surface area (Å²) in [5.74, 6) is 0.431. The van der Waals surface area contributed by atoms with Crippen LogP contribution in [0.3, 0.4) is 0 Å². The van der Waals surface area contributed by atoms with Crippen molar-refractivity contribution < 1.29 is 4.39 Å². The Morgan fingerprint density at radius 1 is 1.53 bits per heavy atom. The van der Waals surface area contributed by atoms with Crippen molar-refractivity contribution in [3.63, 3.8) is 0 Å². The SMILES string of the molecule is CN(CC1CC1)C(CN)c1ccc(F)c(Cl)c1. The molecule has 17 heavy (non-hydrogen) atoms. The molecule has 1 unspecified atom stereocenters. The van der Waals surface area contributed by atoms with Crippen LogP contribution in [0.1, 0.15) is 24.4 Å². The highest BCUT2D eigenvalue weighted by atomic mass is 35.5. The van der Waals surface area contributed by atoms with Crippen molar-refractivity contribution in [3.8, 4) is 0 Å². The molecule has 1 aliphatic rings. The van der Waals surface area contributed by atoms with E-state index in [0.29, 0.717) is 6.54 Å². The van der Waals surface area contributed by atoms with Crippen molar-refractivity contribution in [2.75, 3.05) is 20.1 Å². The second-order valence-corrected chi connectivity index (χ2v) is 5.22. The maximum atomic E-state index is 13.1. The van der Waals surface area contributed by atoms with Crippen molar-refractivity contribution in [3.05, 3.63) is 34.6 Å². The Morgan fingerprint density at radius 2 is 2.24 bits per heavy atom. The second-order valence-electron chi connectivity index (χ2n) is 4.81. The summed E-state index contributed by atoms with van der Waals surface area (Å²) >= 11 is 5.80. The number of rotatable bonds is 5. The Labute approximate surface area is 107 Å². The summed E-state index contributed by atoms with van der Waals surface area (Å²) in [5.41, 5.74) is 6.80. The Bertz CT molecular complexity index is 393. The van der Waals surface area contributed by atoms with E-state index >= 15 is 0 Å². The summed E-state index contributed by atoms with van der Waals surface area (Å²) in [6.45, 7) is 1.57. The first kappa shape index (κ1) is 12.8. The van der Waals surface area contributed by atoms with Gasteiger partial charge >= 0.3 is 0 Å². The average molecular weight is 257 g/mol. The van der Waals surface area contributed by atoms with Crippen molar-refractivity contribution >= 4 is 11.6 Å². The summed E-state index contributed by atoms with van der Waals surface area (Å²) in [7, 11) is 2.06. The number of benzene rings is 1. The first-order chi connectivity index (χ1) is 8.11. The van der Waals surface area contributed by atoms with Crippen molar-refractivity contribution in [1.29, 1.82) is 0 Å². The molecule has 2 N–H and O–H groups in total. The van der Waals surface area contributed by atoms with Crippen molar-refractivity contribution in [1.82, 2.24) is 4.90 Å². The van der Waals surface area contributed by atoms with Crippen LogP contribution in [-0.4, -0.2) is 25.0 Å². The molecule has 94 valence electrons. The summed E-state index contributed by atoms with van der Waals surface area (Å²) < 4.78 is 13.1. The standard InChI is InChI=1S/C13H18ClFN2/c1-17(8-9-2-3-9)13(7-16)10-4-5-12(15)11(14)6-10/h4-6,9,13H,2-3,7-8,16H2,1H3. The van der Waals surface area contributed by atoms with Crippen LogP contribution < -0.4 is 5.73 Å². The van der Waals surface area contributed by atoms with Gasteiger partial charge in [0.05, 0.1) is 5.02 Å². The minimum Gasteiger partial charge on any atom is -0.329 e. The van der Waals surface area contributed by atoms with Crippen LogP contribution in [0.5, 0.6) is 0 Å². The molecule has 1 atom stereocenters. The van der Waals surface area contributed by atoms with Crippen LogP contribution in [0.2, 0.25) is 5.02 Å². The molecule has 0 heterocycles. The number of halogens is 2. The lowest BCUT2D eigenvalue weighted by Crippen LogP contribution is -2.32. The van der Waals surface area contributed by atoms with Gasteiger partial charge in [-0.1, -0.05) is 17.7 Å². The number of likely N-dealkylation sites (N-methyl/N-ethyl adjacent to an activating group) is 1. The molecule has 0 amide bonds. The van der Waals surface area contributed by atoms with Crippen LogP contribution in [0.25, 0.3) is 0 Å². The fourth-order valence-corrected chi connectivity index (χ4v) is 2.31. The van der Waals surface area contributed by atoms with Crippen molar-refractivity contribution in [2.45, 2.75) is 18.9 Å². The molecule has 1 fully saturated rings. The third-order valence-corrected chi connectivity index (χ3v) is 3.62. The maximum absolute atomic E-state index is 13.1. The topological polar surface area (TPSA) is 29.3 Å². The van der Waals surface area contributed by atoms with Gasteiger partial charge in [0.2, 0.25) is 0 Å². The van der Waals surface area contributed by atoms with E-state index < -0.39 is 0 Å². The predicted octanol–water partition coefficient (Wildman–Crippen LogP) is 2.82. The number of hydrogen-bond acceptors (Lipinski definition) is 2. The summed E-state index contributed by atoms with van der Waals surface area (Å²) in [5, 5.41) is 0.167. The van der Waals surface area contributed by atoms with Gasteiger partial charge in [-0.05, 0) is 43.5 Å². The van der Waals surface area contributed by atoms with Crippen LogP contribution >= 0.6 is 11.6 Å². The molecule has 4 heteroatoms. The quantitative estimate of drug-likeness (QED) is 0.878. The van der Waals surface area contributed by atoms with Gasteiger partial charge in [-0.15, -0.1) is 0 Å². The van der Waals surface area contributed by atoms with E-state index in [9.17, 15) is 4.39 Å². The highest BCUT2D eigenvalue weighted by molar-refractivity contribution is 6.30. The molecule has 2 rings (SSSR count). The van der Waals surface area contributed by atoms with Crippen LogP contribution in [0, 0.1) is 11.7 Å². The molecule has 1 aromatic rings. The van der Waals surface area contributed by atoms with Crippen molar-refractivity contribution in [2.24, 2.45) is 11.7 Å². The number of nitrogens with two attached hydrogens (primary N) is 1. The first-order valence-corrected chi connectivity index (χ1v) is 6.35. The van der Waals surface area contributed by atoms with E-state index in [1.54, 1.807) is 12.1 Å². The smallest absolute Gasteiger partial charge is 0.141 e. The van der Waals surface area contributed by atoms with Crippen LogP contribution in [0.4, 0.5) is 4.39 Å². The zero-order valence-electron chi connectivity index (χ0n) is 10.00. The third kappa shape index (κ3) is 3.18. The fraction of sp³-hybridized carbons (Fsp3) is 0.538. The molecule has 1 aliphatic carbocycles. The summed E-state index contributed by atoms with van der Waals surface area (Å²) in [6.07, 6.45) is 2.62. The van der Waals surface area contributed by atoms with Gasteiger partial charge in [0, 0.05) is 19.1 Å². The predicted molar refractivity (Wildman–Crippen MR) is 68.6 cm³/mol. The van der Waals surface area contributed by atoms with E-state index in [-0.39, 0.29) is 16.9 Å². The zero-order chi connectivity index (χ0) is 12.4. The molecule has 1 saturated carbocycles. The molecule has 2 nitrogen and oxygen atoms in total. The minimum absolute atomic E-state index is 0.119. The highest BCUT2D eigenvalue weighted by Gasteiger charge is 2.26. The summed E-state index contributed by atoms with van der Waals surface area (Å²) in [4.78, 5) is 2.24. The molecule has 0 bridgehead atoms. The minimum atomic E-state index is -0.379. The molecule has 0 aliphatic heterocycles. The summed E-state index contributed by atoms with van der Waals surface area (Å²) in [6, 6.07) is 4.97. The molecular formula is C13H18ClFN2. The normalized spacial score (nSPS) is 17.5. The van der Waals surface area contributed by atoms with E-state index in [1.165, 1.54) is 18.9 Å². The zero-order valence-corrected chi connectivity index (χ0v) is 10.8. The Hall–Kier alpha value is -0.640. The molecule has 1 aromatic carbocycles. The Morgan fingerprint density at radius 3 is 2.76 bits per heavy atom. The number of nitrogens with zero attached hydrogens (tertiary/aromatic N) is 1. The second kappa shape index (κ2) is 5.34. The fourth-order valence-electron chi connectivity index (χ4n) is 2.13. The molecule has 0 saturated heterocycles. The molecule has 0 radical (unpaired) electrons. The van der Waals surface area contributed by atoms with Gasteiger partial charge in [0.15, 0.2) is 0 Å². The lowest BCUT2D eigenvalue weighted by molar-refractivity contribution is 0.240. The van der Waals surface area contributed by atoms with E-state index in [1.807, 2.05) is 0 Å². The Kier molecular flexibility index (Phi) is 4.02. The highest BCUT2D eigenvalue weighted by Crippen LogP contribution is 2.32. The molecular weight excluding hydrogens is 239 g/mol. The van der Waals surface area contributed by atoms with Gasteiger partial charge < -0.3 is 5.73 Å². The van der Waals surface area contributed by atoms with Crippen LogP contribution in [0.15, 0.2) is 18.2 Å². The lowest BCUT2D eigenvalue weighted by Gasteiger charge is -2.27. The third-order valence-electron chi connectivity index (χ3n) is 3.33. The largest absolute Gasteiger partial charge is 0.329 e. The van der Waals surface area contributed by atoms with Gasteiger partial charge in [0.1, 0.15) is 5.82 Å². The lowest BCUT2D eigenvalue weighted by atomic mass is 10.1. The van der Waals surface area contributed by atoms with E-state index in [4.69, 9.17) is 17.3 Å². The van der Waals surface area contributed by atoms with E-state index in [2.05, 4.69) is 11.9 Å². The Balaban J connectivity index is 2.12. The van der Waals surface area contributed by atoms with Gasteiger partial charge in [-0.3, -0.25) is 4.90 Å². The molecule has 0 aromatic heterocycles. The maximum Gasteiger partial charge on any atom is 0.141 e. The first-order valence-electron chi connectivity index (χ1n) is 5.97. The van der Waals surface area contributed by atoms with Gasteiger partial charge in [-0.25, -0.2) is 4.39 Å². The average Bonchev–Trinajstić information content (AvgIpc) is 3.08. The molecule has 0 spiro atoms. The van der Waals surface area contributed by atoms with Crippen LogP contribution in [-0.2, 0) is 0 Å². The van der Waals surface area contributed by atoms with Gasteiger partial charge in [0.25, 0.3) is 0 Å². The number of hydrogen-bond donors (Lipinski definition) is 1.